The second-order valence-corrected chi connectivity index (χ2v) is 3.46. The van der Waals surface area contributed by atoms with E-state index in [0.29, 0.717) is 10.7 Å². The molecule has 1 rings (SSSR count). The van der Waals surface area contributed by atoms with Crippen molar-refractivity contribution in [3.63, 3.8) is 0 Å². The second kappa shape index (κ2) is 4.80. The first-order valence-corrected chi connectivity index (χ1v) is 4.82. The molecular weight excluding hydrogens is 210 g/mol. The van der Waals surface area contributed by atoms with E-state index in [9.17, 15) is 4.79 Å². The molecule has 0 heterocycles. The summed E-state index contributed by atoms with van der Waals surface area (Å²) in [5, 5.41) is 0.519. The average molecular weight is 222 g/mol. The Labute approximate surface area is 94.5 Å². The van der Waals surface area contributed by atoms with Crippen LogP contribution >= 0.6 is 11.6 Å². The van der Waals surface area contributed by atoms with Crippen LogP contribution in [0.4, 0.5) is 5.69 Å². The summed E-state index contributed by atoms with van der Waals surface area (Å²) in [5.41, 5.74) is 1.65. The molecule has 0 N–H and O–H groups in total. The van der Waals surface area contributed by atoms with Crippen molar-refractivity contribution in [2.24, 2.45) is 0 Å². The standard InChI is InChI=1S/C12H12ClNO/c1-4-12(15)14(5-2)11-7-6-9(3)8-10(11)13/h4-8H,1-2H2,3H3. The molecule has 0 unspecified atom stereocenters. The van der Waals surface area contributed by atoms with Crippen LogP contribution in [-0.4, -0.2) is 5.91 Å². The van der Waals surface area contributed by atoms with E-state index in [0.717, 1.165) is 5.56 Å². The lowest BCUT2D eigenvalue weighted by molar-refractivity contribution is -0.113. The first kappa shape index (κ1) is 11.5. The average Bonchev–Trinajstić information content (AvgIpc) is 2.21. The van der Waals surface area contributed by atoms with E-state index in [1.54, 1.807) is 12.1 Å². The van der Waals surface area contributed by atoms with Crippen molar-refractivity contribution in [1.29, 1.82) is 0 Å². The number of anilines is 1. The van der Waals surface area contributed by atoms with Crippen molar-refractivity contribution >= 4 is 23.2 Å². The number of hydrogen-bond acceptors (Lipinski definition) is 1. The van der Waals surface area contributed by atoms with Gasteiger partial charge < -0.3 is 0 Å². The highest BCUT2D eigenvalue weighted by molar-refractivity contribution is 6.34. The van der Waals surface area contributed by atoms with Gasteiger partial charge in [-0.3, -0.25) is 9.69 Å². The summed E-state index contributed by atoms with van der Waals surface area (Å²) in [6.45, 7) is 8.92. The molecule has 0 radical (unpaired) electrons. The summed E-state index contributed by atoms with van der Waals surface area (Å²) < 4.78 is 0. The van der Waals surface area contributed by atoms with Gasteiger partial charge in [0.2, 0.25) is 0 Å². The number of carbonyl (C=O) groups is 1. The first-order chi connectivity index (χ1) is 7.10. The molecule has 0 aliphatic carbocycles. The highest BCUT2D eigenvalue weighted by Crippen LogP contribution is 2.27. The zero-order valence-corrected chi connectivity index (χ0v) is 9.29. The number of nitrogens with zero attached hydrogens (tertiary/aromatic N) is 1. The van der Waals surface area contributed by atoms with Crippen molar-refractivity contribution < 1.29 is 4.79 Å². The van der Waals surface area contributed by atoms with Crippen LogP contribution in [0, 0.1) is 6.92 Å². The number of benzene rings is 1. The van der Waals surface area contributed by atoms with Gasteiger partial charge in [0.1, 0.15) is 0 Å². The lowest BCUT2D eigenvalue weighted by Gasteiger charge is -2.17. The van der Waals surface area contributed by atoms with E-state index in [-0.39, 0.29) is 5.91 Å². The molecule has 0 aliphatic rings. The molecule has 0 saturated carbocycles. The zero-order chi connectivity index (χ0) is 11.4. The molecule has 1 aromatic rings. The van der Waals surface area contributed by atoms with Crippen LogP contribution in [0.2, 0.25) is 5.02 Å². The monoisotopic (exact) mass is 221 g/mol. The molecule has 1 aromatic carbocycles. The molecule has 0 aliphatic heterocycles. The molecule has 0 atom stereocenters. The van der Waals surface area contributed by atoms with E-state index in [1.807, 2.05) is 13.0 Å². The Morgan fingerprint density at radius 2 is 2.13 bits per heavy atom. The molecule has 0 aromatic heterocycles. The fourth-order valence-corrected chi connectivity index (χ4v) is 1.54. The minimum atomic E-state index is -0.254. The van der Waals surface area contributed by atoms with Gasteiger partial charge in [-0.1, -0.05) is 30.8 Å². The van der Waals surface area contributed by atoms with Gasteiger partial charge in [0.25, 0.3) is 5.91 Å². The van der Waals surface area contributed by atoms with Crippen molar-refractivity contribution in [3.8, 4) is 0 Å². The van der Waals surface area contributed by atoms with Gasteiger partial charge in [0, 0.05) is 6.20 Å². The van der Waals surface area contributed by atoms with E-state index >= 15 is 0 Å². The molecule has 2 nitrogen and oxygen atoms in total. The van der Waals surface area contributed by atoms with Gasteiger partial charge in [0.05, 0.1) is 10.7 Å². The topological polar surface area (TPSA) is 20.3 Å². The lowest BCUT2D eigenvalue weighted by atomic mass is 10.2. The second-order valence-electron chi connectivity index (χ2n) is 3.05. The molecule has 1 amide bonds. The third kappa shape index (κ3) is 2.48. The summed E-state index contributed by atoms with van der Waals surface area (Å²) >= 11 is 6.03. The Kier molecular flexibility index (Phi) is 3.69. The van der Waals surface area contributed by atoms with Crippen LogP contribution in [0.15, 0.2) is 43.6 Å². The van der Waals surface area contributed by atoms with Crippen molar-refractivity contribution in [3.05, 3.63) is 54.2 Å². The summed E-state index contributed by atoms with van der Waals surface area (Å²) in [5.74, 6) is -0.254. The summed E-state index contributed by atoms with van der Waals surface area (Å²) in [6, 6.07) is 5.46. The number of rotatable bonds is 3. The van der Waals surface area contributed by atoms with Crippen molar-refractivity contribution in [2.45, 2.75) is 6.92 Å². The van der Waals surface area contributed by atoms with E-state index in [2.05, 4.69) is 13.2 Å². The van der Waals surface area contributed by atoms with Crippen LogP contribution in [0.3, 0.4) is 0 Å². The molecule has 0 spiro atoms. The maximum Gasteiger partial charge on any atom is 0.254 e. The van der Waals surface area contributed by atoms with Gasteiger partial charge in [-0.25, -0.2) is 0 Å². The molecular formula is C12H12ClNO. The first-order valence-electron chi connectivity index (χ1n) is 4.44. The predicted molar refractivity (Wildman–Crippen MR) is 64.1 cm³/mol. The normalized spacial score (nSPS) is 9.47. The van der Waals surface area contributed by atoms with Gasteiger partial charge in [0.15, 0.2) is 0 Å². The van der Waals surface area contributed by atoms with Crippen LogP contribution in [0.25, 0.3) is 0 Å². The SMILES string of the molecule is C=CC(=O)N(C=C)c1ccc(C)cc1Cl. The fourth-order valence-electron chi connectivity index (χ4n) is 1.21. The molecule has 15 heavy (non-hydrogen) atoms. The van der Waals surface area contributed by atoms with Gasteiger partial charge >= 0.3 is 0 Å². The molecule has 0 fully saturated rings. The number of carbonyl (C=O) groups excluding carboxylic acids is 1. The lowest BCUT2D eigenvalue weighted by Crippen LogP contribution is -2.22. The fraction of sp³-hybridized carbons (Fsp3) is 0.0833. The highest BCUT2D eigenvalue weighted by atomic mass is 35.5. The molecule has 0 saturated heterocycles. The summed E-state index contributed by atoms with van der Waals surface area (Å²) in [6.07, 6.45) is 2.64. The minimum Gasteiger partial charge on any atom is -0.283 e. The Hall–Kier alpha value is -1.54. The van der Waals surface area contributed by atoms with E-state index < -0.39 is 0 Å². The Balaban J connectivity index is 3.18. The Morgan fingerprint density at radius 3 is 2.60 bits per heavy atom. The number of amides is 1. The smallest absolute Gasteiger partial charge is 0.254 e. The van der Waals surface area contributed by atoms with E-state index in [4.69, 9.17) is 11.6 Å². The third-order valence-electron chi connectivity index (χ3n) is 1.96. The van der Waals surface area contributed by atoms with Gasteiger partial charge in [-0.2, -0.15) is 0 Å². The van der Waals surface area contributed by atoms with Crippen LogP contribution < -0.4 is 4.90 Å². The van der Waals surface area contributed by atoms with Gasteiger partial charge in [-0.05, 0) is 30.7 Å². The quantitative estimate of drug-likeness (QED) is 0.718. The highest BCUT2D eigenvalue weighted by Gasteiger charge is 2.12. The zero-order valence-electron chi connectivity index (χ0n) is 8.53. The summed E-state index contributed by atoms with van der Waals surface area (Å²) in [4.78, 5) is 12.8. The van der Waals surface area contributed by atoms with Crippen LogP contribution in [-0.2, 0) is 4.79 Å². The maximum atomic E-state index is 11.5. The number of hydrogen-bond donors (Lipinski definition) is 0. The maximum absolute atomic E-state index is 11.5. The Bertz CT molecular complexity index is 412. The van der Waals surface area contributed by atoms with Crippen molar-refractivity contribution in [1.82, 2.24) is 0 Å². The van der Waals surface area contributed by atoms with Crippen LogP contribution in [0.5, 0.6) is 0 Å². The third-order valence-corrected chi connectivity index (χ3v) is 2.26. The predicted octanol–water partition coefficient (Wildman–Crippen LogP) is 3.31. The number of aryl methyl sites for hydroxylation is 1. The van der Waals surface area contributed by atoms with Gasteiger partial charge in [-0.15, -0.1) is 0 Å². The molecule has 3 heteroatoms. The largest absolute Gasteiger partial charge is 0.283 e. The Morgan fingerprint density at radius 1 is 1.47 bits per heavy atom. The molecule has 0 bridgehead atoms. The molecule has 78 valence electrons. The van der Waals surface area contributed by atoms with Crippen LogP contribution in [0.1, 0.15) is 5.56 Å². The minimum absolute atomic E-state index is 0.254. The van der Waals surface area contributed by atoms with Crippen molar-refractivity contribution in [2.75, 3.05) is 4.90 Å². The summed E-state index contributed by atoms with van der Waals surface area (Å²) in [7, 11) is 0. The number of halogens is 1. The van der Waals surface area contributed by atoms with E-state index in [1.165, 1.54) is 17.2 Å².